The molecule has 0 saturated heterocycles. The van der Waals surface area contributed by atoms with E-state index in [2.05, 4.69) is 36.5 Å². The number of anilines is 1. The number of aliphatic hydroxyl groups excluding tert-OH is 1. The summed E-state index contributed by atoms with van der Waals surface area (Å²) in [5.41, 5.74) is 7.14. The standard InChI is InChI=1S/C30H39BrN6O5S/c1-21(2)19-37(43(41,42)25-12-10-23(32)11-13-25)24(20-38)8-5-6-14-35-29(39)27(17-22-7-3-4-9-26(22)31)36-30(40)28-18-33-15-16-34-28/h3-4,7,9-13,15-16,18,21,24,27,38H,5-6,8,14,17,19-20,32H2,1-2H3,(H,35,39)(H,36,40)/t24-,27-/m0/s1. The van der Waals surface area contributed by atoms with Crippen molar-refractivity contribution in [2.24, 2.45) is 5.92 Å². The van der Waals surface area contributed by atoms with Crippen molar-refractivity contribution in [3.8, 4) is 0 Å². The molecule has 0 bridgehead atoms. The van der Waals surface area contributed by atoms with E-state index in [0.29, 0.717) is 31.5 Å². The van der Waals surface area contributed by atoms with E-state index in [9.17, 15) is 23.1 Å². The number of benzene rings is 2. The summed E-state index contributed by atoms with van der Waals surface area (Å²) in [6.07, 6.45) is 5.93. The smallest absolute Gasteiger partial charge is 0.272 e. The number of carbonyl (C=O) groups is 2. The van der Waals surface area contributed by atoms with Crippen LogP contribution in [0.5, 0.6) is 0 Å². The maximum Gasteiger partial charge on any atom is 0.272 e. The second-order valence-corrected chi connectivity index (χ2v) is 13.3. The van der Waals surface area contributed by atoms with Gasteiger partial charge in [-0.1, -0.05) is 54.4 Å². The van der Waals surface area contributed by atoms with Crippen LogP contribution in [0.2, 0.25) is 0 Å². The Morgan fingerprint density at radius 2 is 1.79 bits per heavy atom. The molecule has 3 rings (SSSR count). The zero-order valence-corrected chi connectivity index (χ0v) is 26.7. The molecule has 0 aliphatic rings. The van der Waals surface area contributed by atoms with E-state index in [0.717, 1.165) is 10.0 Å². The molecule has 232 valence electrons. The fraction of sp³-hybridized carbons (Fsp3) is 0.400. The minimum Gasteiger partial charge on any atom is -0.399 e. The summed E-state index contributed by atoms with van der Waals surface area (Å²) in [7, 11) is -3.86. The van der Waals surface area contributed by atoms with E-state index in [-0.39, 0.29) is 42.0 Å². The van der Waals surface area contributed by atoms with E-state index in [1.165, 1.54) is 47.2 Å². The van der Waals surface area contributed by atoms with Crippen LogP contribution in [-0.4, -0.2) is 71.4 Å². The van der Waals surface area contributed by atoms with E-state index in [4.69, 9.17) is 5.73 Å². The summed E-state index contributed by atoms with van der Waals surface area (Å²) in [6, 6.07) is 12.0. The zero-order chi connectivity index (χ0) is 31.4. The summed E-state index contributed by atoms with van der Waals surface area (Å²) in [5, 5.41) is 15.8. The third-order valence-corrected chi connectivity index (χ3v) is 9.42. The van der Waals surface area contributed by atoms with Crippen LogP contribution in [0.1, 0.15) is 49.2 Å². The molecule has 0 spiro atoms. The highest BCUT2D eigenvalue weighted by atomic mass is 79.9. The predicted molar refractivity (Wildman–Crippen MR) is 168 cm³/mol. The molecule has 0 unspecified atom stereocenters. The van der Waals surface area contributed by atoms with Gasteiger partial charge in [0.2, 0.25) is 15.9 Å². The first-order chi connectivity index (χ1) is 20.5. The molecule has 2 amide bonds. The topological polar surface area (TPSA) is 168 Å². The zero-order valence-electron chi connectivity index (χ0n) is 24.3. The number of hydrogen-bond acceptors (Lipinski definition) is 8. The molecule has 0 radical (unpaired) electrons. The SMILES string of the molecule is CC(C)CN([C@H](CO)CCCCNC(=O)[C@H](Cc1ccccc1Br)NC(=O)c1cnccn1)S(=O)(=O)c1ccc(N)cc1. The van der Waals surface area contributed by atoms with Crippen LogP contribution < -0.4 is 16.4 Å². The molecule has 0 fully saturated rings. The number of unbranched alkanes of at least 4 members (excludes halogenated alkanes) is 1. The van der Waals surface area contributed by atoms with Crippen molar-refractivity contribution in [1.82, 2.24) is 24.9 Å². The van der Waals surface area contributed by atoms with E-state index >= 15 is 0 Å². The Kier molecular flexibility index (Phi) is 13.1. The Labute approximate surface area is 261 Å². The average molecular weight is 676 g/mol. The fourth-order valence-corrected chi connectivity index (χ4v) is 6.74. The Hall–Kier alpha value is -3.39. The Morgan fingerprint density at radius 1 is 1.07 bits per heavy atom. The number of nitrogens with one attached hydrogen (secondary N) is 2. The number of hydrogen-bond donors (Lipinski definition) is 4. The number of aliphatic hydroxyl groups is 1. The summed E-state index contributed by atoms with van der Waals surface area (Å²) in [4.78, 5) is 34.0. The van der Waals surface area contributed by atoms with E-state index in [1.807, 2.05) is 38.1 Å². The van der Waals surface area contributed by atoms with Crippen molar-refractivity contribution in [2.45, 2.75) is 56.5 Å². The van der Waals surface area contributed by atoms with Crippen LogP contribution in [0.15, 0.2) is 76.5 Å². The Bertz CT molecular complexity index is 1440. The number of nitrogens with two attached hydrogens (primary N) is 1. The number of halogens is 1. The Morgan fingerprint density at radius 3 is 2.42 bits per heavy atom. The van der Waals surface area contributed by atoms with Crippen LogP contribution in [-0.2, 0) is 21.2 Å². The molecule has 2 aromatic carbocycles. The Balaban J connectivity index is 1.62. The molecule has 11 nitrogen and oxygen atoms in total. The lowest BCUT2D eigenvalue weighted by molar-refractivity contribution is -0.122. The van der Waals surface area contributed by atoms with E-state index in [1.54, 1.807) is 0 Å². The monoisotopic (exact) mass is 674 g/mol. The van der Waals surface area contributed by atoms with Gasteiger partial charge in [0, 0.05) is 48.1 Å². The minimum atomic E-state index is -3.86. The molecule has 1 aromatic heterocycles. The maximum atomic E-state index is 13.5. The van der Waals surface area contributed by atoms with Crippen LogP contribution in [0.3, 0.4) is 0 Å². The van der Waals surface area contributed by atoms with Crippen molar-refractivity contribution in [3.63, 3.8) is 0 Å². The average Bonchev–Trinajstić information content (AvgIpc) is 2.99. The number of rotatable bonds is 16. The second kappa shape index (κ2) is 16.5. The molecule has 2 atom stereocenters. The lowest BCUT2D eigenvalue weighted by Crippen LogP contribution is -2.48. The van der Waals surface area contributed by atoms with Gasteiger partial charge < -0.3 is 21.5 Å². The quantitative estimate of drug-likeness (QED) is 0.133. The molecule has 0 aliphatic heterocycles. The third kappa shape index (κ3) is 10.1. The first kappa shape index (κ1) is 34.1. The van der Waals surface area contributed by atoms with Crippen molar-refractivity contribution in [2.75, 3.05) is 25.4 Å². The van der Waals surface area contributed by atoms with Gasteiger partial charge in [-0.15, -0.1) is 0 Å². The third-order valence-electron chi connectivity index (χ3n) is 6.71. The molecule has 0 saturated carbocycles. The first-order valence-electron chi connectivity index (χ1n) is 14.1. The van der Waals surface area contributed by atoms with Crippen molar-refractivity contribution in [1.29, 1.82) is 0 Å². The van der Waals surface area contributed by atoms with Gasteiger partial charge in [-0.2, -0.15) is 4.31 Å². The summed E-state index contributed by atoms with van der Waals surface area (Å²) >= 11 is 3.50. The van der Waals surface area contributed by atoms with Gasteiger partial charge in [0.25, 0.3) is 5.91 Å². The van der Waals surface area contributed by atoms with Crippen LogP contribution in [0.4, 0.5) is 5.69 Å². The molecule has 1 heterocycles. The second-order valence-electron chi connectivity index (χ2n) is 10.6. The summed E-state index contributed by atoms with van der Waals surface area (Å²) < 4.78 is 29.1. The number of aromatic nitrogens is 2. The van der Waals surface area contributed by atoms with Crippen LogP contribution in [0, 0.1) is 5.92 Å². The highest BCUT2D eigenvalue weighted by Crippen LogP contribution is 2.23. The fourth-order valence-electron chi connectivity index (χ4n) is 4.49. The molecule has 0 aliphatic carbocycles. The predicted octanol–water partition coefficient (Wildman–Crippen LogP) is 3.16. The van der Waals surface area contributed by atoms with E-state index < -0.39 is 28.0 Å². The molecule has 43 heavy (non-hydrogen) atoms. The number of nitrogen functional groups attached to an aromatic ring is 1. The summed E-state index contributed by atoms with van der Waals surface area (Å²) in [5.74, 6) is -0.840. The van der Waals surface area contributed by atoms with Gasteiger partial charge in [-0.25, -0.2) is 13.4 Å². The molecule has 5 N–H and O–H groups in total. The number of sulfonamides is 1. The molecule has 13 heteroatoms. The maximum absolute atomic E-state index is 13.5. The molecular weight excluding hydrogens is 636 g/mol. The highest BCUT2D eigenvalue weighted by molar-refractivity contribution is 9.10. The summed E-state index contributed by atoms with van der Waals surface area (Å²) in [6.45, 7) is 4.05. The van der Waals surface area contributed by atoms with Crippen LogP contribution >= 0.6 is 15.9 Å². The van der Waals surface area contributed by atoms with Crippen molar-refractivity contribution < 1.29 is 23.1 Å². The number of amides is 2. The van der Waals surface area contributed by atoms with Crippen LogP contribution in [0.25, 0.3) is 0 Å². The number of nitrogens with zero attached hydrogens (tertiary/aromatic N) is 3. The minimum absolute atomic E-state index is 0.0376. The van der Waals surface area contributed by atoms with Gasteiger partial charge in [0.15, 0.2) is 0 Å². The van der Waals surface area contributed by atoms with Gasteiger partial charge >= 0.3 is 0 Å². The lowest BCUT2D eigenvalue weighted by Gasteiger charge is -2.31. The normalized spacial score (nSPS) is 13.1. The molecule has 3 aromatic rings. The van der Waals surface area contributed by atoms with Crippen molar-refractivity contribution in [3.05, 3.63) is 82.9 Å². The lowest BCUT2D eigenvalue weighted by atomic mass is 10.0. The molecular formula is C30H39BrN6O5S. The van der Waals surface area contributed by atoms with Gasteiger partial charge in [0.05, 0.1) is 17.7 Å². The highest BCUT2D eigenvalue weighted by Gasteiger charge is 2.31. The largest absolute Gasteiger partial charge is 0.399 e. The van der Waals surface area contributed by atoms with Gasteiger partial charge in [-0.3, -0.25) is 14.6 Å². The first-order valence-corrected chi connectivity index (χ1v) is 16.3. The van der Waals surface area contributed by atoms with Crippen molar-refractivity contribution >= 4 is 43.5 Å². The number of carbonyl (C=O) groups excluding carboxylic acids is 2. The van der Waals surface area contributed by atoms with Gasteiger partial charge in [0.1, 0.15) is 11.7 Å². The van der Waals surface area contributed by atoms with Gasteiger partial charge in [-0.05, 0) is 54.7 Å².